The Kier molecular flexibility index (Phi) is 4.48. The van der Waals surface area contributed by atoms with Crippen LogP contribution >= 0.6 is 15.9 Å². The summed E-state index contributed by atoms with van der Waals surface area (Å²) >= 11 is 3.09. The first-order valence-corrected chi connectivity index (χ1v) is 5.64. The van der Waals surface area contributed by atoms with Crippen molar-refractivity contribution >= 4 is 15.9 Å². The molecule has 0 heterocycles. The van der Waals surface area contributed by atoms with Gasteiger partial charge in [0.25, 0.3) is 0 Å². The van der Waals surface area contributed by atoms with Gasteiger partial charge in [-0.1, -0.05) is 31.2 Å². The van der Waals surface area contributed by atoms with Crippen molar-refractivity contribution in [3.63, 3.8) is 0 Å². The smallest absolute Gasteiger partial charge is 0.143 e. The average Bonchev–Trinajstić information content (AvgIpc) is 2.21. The molecule has 1 rings (SSSR count). The number of benzene rings is 1. The van der Waals surface area contributed by atoms with E-state index in [4.69, 9.17) is 0 Å². The van der Waals surface area contributed by atoms with Gasteiger partial charge < -0.3 is 5.11 Å². The molecule has 1 aromatic carbocycles. The SMILES string of the molecule is C=C(CC)CC(O)c1cccc(Br)c1F. The summed E-state index contributed by atoms with van der Waals surface area (Å²) in [5.74, 6) is -0.395. The summed E-state index contributed by atoms with van der Waals surface area (Å²) in [7, 11) is 0. The molecule has 1 atom stereocenters. The molecule has 0 aliphatic heterocycles. The van der Waals surface area contributed by atoms with Crippen molar-refractivity contribution in [3.05, 3.63) is 46.2 Å². The fourth-order valence-electron chi connectivity index (χ4n) is 1.31. The Morgan fingerprint density at radius 1 is 1.60 bits per heavy atom. The summed E-state index contributed by atoms with van der Waals surface area (Å²) in [6.07, 6.45) is 0.395. The summed E-state index contributed by atoms with van der Waals surface area (Å²) in [5.41, 5.74) is 1.24. The minimum atomic E-state index is -0.810. The van der Waals surface area contributed by atoms with Crippen molar-refractivity contribution < 1.29 is 9.50 Å². The Labute approximate surface area is 97.8 Å². The fraction of sp³-hybridized carbons (Fsp3) is 0.333. The highest BCUT2D eigenvalue weighted by Crippen LogP contribution is 2.27. The average molecular weight is 273 g/mol. The molecule has 15 heavy (non-hydrogen) atoms. The van der Waals surface area contributed by atoms with E-state index in [1.807, 2.05) is 6.92 Å². The Bertz CT molecular complexity index is 363. The van der Waals surface area contributed by atoms with Gasteiger partial charge in [-0.15, -0.1) is 0 Å². The van der Waals surface area contributed by atoms with Gasteiger partial charge in [-0.2, -0.15) is 0 Å². The normalized spacial score (nSPS) is 12.5. The third kappa shape index (κ3) is 3.14. The zero-order valence-corrected chi connectivity index (χ0v) is 10.2. The molecule has 1 N–H and O–H groups in total. The summed E-state index contributed by atoms with van der Waals surface area (Å²) in [4.78, 5) is 0. The maximum absolute atomic E-state index is 13.6. The van der Waals surface area contributed by atoms with Gasteiger partial charge in [0, 0.05) is 5.56 Å². The summed E-state index contributed by atoms with van der Waals surface area (Å²) < 4.78 is 13.9. The molecular weight excluding hydrogens is 259 g/mol. The molecule has 82 valence electrons. The molecule has 0 aliphatic rings. The second-order valence-corrected chi connectivity index (χ2v) is 4.32. The third-order valence-electron chi connectivity index (χ3n) is 2.32. The highest BCUT2D eigenvalue weighted by atomic mass is 79.9. The Morgan fingerprint density at radius 2 is 2.27 bits per heavy atom. The molecule has 0 spiro atoms. The van der Waals surface area contributed by atoms with Crippen LogP contribution in [-0.4, -0.2) is 5.11 Å². The molecule has 0 radical (unpaired) electrons. The molecule has 0 saturated carbocycles. The summed E-state index contributed by atoms with van der Waals surface area (Å²) in [6, 6.07) is 4.91. The number of hydrogen-bond acceptors (Lipinski definition) is 1. The van der Waals surface area contributed by atoms with E-state index in [1.54, 1.807) is 18.2 Å². The molecule has 1 nitrogen and oxygen atoms in total. The minimum absolute atomic E-state index is 0.318. The van der Waals surface area contributed by atoms with Gasteiger partial charge in [-0.3, -0.25) is 0 Å². The standard InChI is InChI=1S/C12H14BrFO/c1-3-8(2)7-11(15)9-5-4-6-10(13)12(9)14/h4-6,11,15H,2-3,7H2,1H3. The van der Waals surface area contributed by atoms with Gasteiger partial charge in [0.05, 0.1) is 10.6 Å². The molecule has 0 aromatic heterocycles. The molecule has 0 amide bonds. The van der Waals surface area contributed by atoms with Gasteiger partial charge in [-0.05, 0) is 34.8 Å². The number of halogens is 2. The van der Waals surface area contributed by atoms with E-state index in [-0.39, 0.29) is 0 Å². The van der Waals surface area contributed by atoms with E-state index >= 15 is 0 Å². The lowest BCUT2D eigenvalue weighted by molar-refractivity contribution is 0.172. The number of aliphatic hydroxyl groups is 1. The first-order valence-electron chi connectivity index (χ1n) is 4.84. The highest BCUT2D eigenvalue weighted by molar-refractivity contribution is 9.10. The van der Waals surface area contributed by atoms with Crippen LogP contribution in [0.25, 0.3) is 0 Å². The summed E-state index contributed by atoms with van der Waals surface area (Å²) in [5, 5.41) is 9.81. The number of rotatable bonds is 4. The second kappa shape index (κ2) is 5.42. The van der Waals surface area contributed by atoms with Crippen molar-refractivity contribution in [2.45, 2.75) is 25.9 Å². The fourth-order valence-corrected chi connectivity index (χ4v) is 1.69. The first-order chi connectivity index (χ1) is 7.06. The molecule has 1 unspecified atom stereocenters. The molecular formula is C12H14BrFO. The van der Waals surface area contributed by atoms with Crippen LogP contribution in [0, 0.1) is 5.82 Å². The van der Waals surface area contributed by atoms with E-state index in [2.05, 4.69) is 22.5 Å². The van der Waals surface area contributed by atoms with Gasteiger partial charge in [0.1, 0.15) is 5.82 Å². The van der Waals surface area contributed by atoms with Gasteiger partial charge in [-0.25, -0.2) is 4.39 Å². The first kappa shape index (κ1) is 12.4. The van der Waals surface area contributed by atoms with Crippen LogP contribution in [-0.2, 0) is 0 Å². The number of hydrogen-bond donors (Lipinski definition) is 1. The zero-order chi connectivity index (χ0) is 11.4. The van der Waals surface area contributed by atoms with Crippen molar-refractivity contribution in [1.82, 2.24) is 0 Å². The largest absolute Gasteiger partial charge is 0.388 e. The van der Waals surface area contributed by atoms with E-state index in [0.29, 0.717) is 16.5 Å². The van der Waals surface area contributed by atoms with Crippen LogP contribution in [0.15, 0.2) is 34.8 Å². The highest BCUT2D eigenvalue weighted by Gasteiger charge is 2.14. The predicted octanol–water partition coefficient (Wildman–Crippen LogP) is 3.98. The van der Waals surface area contributed by atoms with Crippen LogP contribution in [0.1, 0.15) is 31.4 Å². The number of aliphatic hydroxyl groups excluding tert-OH is 1. The Morgan fingerprint density at radius 3 is 2.87 bits per heavy atom. The van der Waals surface area contributed by atoms with Crippen LogP contribution in [0.5, 0.6) is 0 Å². The van der Waals surface area contributed by atoms with E-state index < -0.39 is 11.9 Å². The molecule has 0 fully saturated rings. The topological polar surface area (TPSA) is 20.2 Å². The lowest BCUT2D eigenvalue weighted by Crippen LogP contribution is -2.02. The van der Waals surface area contributed by atoms with E-state index in [9.17, 15) is 9.50 Å². The van der Waals surface area contributed by atoms with Crippen molar-refractivity contribution in [2.75, 3.05) is 0 Å². The Hall–Kier alpha value is -0.670. The van der Waals surface area contributed by atoms with Crippen LogP contribution in [0.3, 0.4) is 0 Å². The minimum Gasteiger partial charge on any atom is -0.388 e. The maximum Gasteiger partial charge on any atom is 0.143 e. The van der Waals surface area contributed by atoms with E-state index in [0.717, 1.165) is 12.0 Å². The summed E-state index contributed by atoms with van der Waals surface area (Å²) in [6.45, 7) is 5.76. The van der Waals surface area contributed by atoms with Crippen LogP contribution in [0.2, 0.25) is 0 Å². The molecule has 1 aromatic rings. The lowest BCUT2D eigenvalue weighted by atomic mass is 10.0. The van der Waals surface area contributed by atoms with Crippen LogP contribution in [0.4, 0.5) is 4.39 Å². The van der Waals surface area contributed by atoms with Crippen molar-refractivity contribution in [3.8, 4) is 0 Å². The second-order valence-electron chi connectivity index (χ2n) is 3.47. The van der Waals surface area contributed by atoms with Gasteiger partial charge in [0.15, 0.2) is 0 Å². The lowest BCUT2D eigenvalue weighted by Gasteiger charge is -2.13. The third-order valence-corrected chi connectivity index (χ3v) is 2.93. The van der Waals surface area contributed by atoms with Gasteiger partial charge >= 0.3 is 0 Å². The molecule has 0 aliphatic carbocycles. The quantitative estimate of drug-likeness (QED) is 0.823. The van der Waals surface area contributed by atoms with Crippen molar-refractivity contribution in [1.29, 1.82) is 0 Å². The molecule has 0 saturated heterocycles. The maximum atomic E-state index is 13.6. The van der Waals surface area contributed by atoms with Crippen molar-refractivity contribution in [2.24, 2.45) is 0 Å². The monoisotopic (exact) mass is 272 g/mol. The Balaban J connectivity index is 2.86. The van der Waals surface area contributed by atoms with E-state index in [1.165, 1.54) is 0 Å². The van der Waals surface area contributed by atoms with Gasteiger partial charge in [0.2, 0.25) is 0 Å². The van der Waals surface area contributed by atoms with Crippen LogP contribution < -0.4 is 0 Å². The zero-order valence-electron chi connectivity index (χ0n) is 8.63. The molecule has 0 bridgehead atoms. The predicted molar refractivity (Wildman–Crippen MR) is 63.1 cm³/mol. The molecule has 3 heteroatoms.